The molecule has 4 heteroatoms. The Morgan fingerprint density at radius 3 is 2.67 bits per heavy atom. The molecule has 0 spiro atoms. The number of aliphatic hydroxyl groups is 1. The number of aliphatic hydroxyl groups excluding tert-OH is 1. The van der Waals surface area contributed by atoms with E-state index >= 15 is 0 Å². The molecule has 0 amide bonds. The zero-order valence-corrected chi connectivity index (χ0v) is 9.87. The molecule has 2 aromatic rings. The lowest BCUT2D eigenvalue weighted by Crippen LogP contribution is -1.95. The fourth-order valence-corrected chi connectivity index (χ4v) is 1.47. The van der Waals surface area contributed by atoms with Crippen LogP contribution in [0, 0.1) is 11.3 Å². The lowest BCUT2D eigenvalue weighted by atomic mass is 10.2. The number of rotatable bonds is 3. The minimum absolute atomic E-state index is 0.470. The molecule has 18 heavy (non-hydrogen) atoms. The normalized spacial score (nSPS) is 11.6. The van der Waals surface area contributed by atoms with Gasteiger partial charge in [0.25, 0.3) is 0 Å². The zero-order chi connectivity index (χ0) is 13.0. The van der Waals surface area contributed by atoms with Crippen molar-refractivity contribution in [2.24, 2.45) is 0 Å². The first kappa shape index (κ1) is 12.1. The van der Waals surface area contributed by atoms with Gasteiger partial charge in [-0.3, -0.25) is 4.98 Å². The van der Waals surface area contributed by atoms with Crippen LogP contribution in [0.4, 0.5) is 0 Å². The zero-order valence-electron chi connectivity index (χ0n) is 9.87. The van der Waals surface area contributed by atoms with Gasteiger partial charge in [-0.2, -0.15) is 5.26 Å². The number of nitrogens with zero attached hydrogens (tertiary/aromatic N) is 2. The first-order valence-corrected chi connectivity index (χ1v) is 5.51. The summed E-state index contributed by atoms with van der Waals surface area (Å²) in [5, 5.41) is 18.3. The van der Waals surface area contributed by atoms with Gasteiger partial charge in [0.05, 0.1) is 23.6 Å². The van der Waals surface area contributed by atoms with E-state index in [2.05, 4.69) is 11.1 Å². The van der Waals surface area contributed by atoms with Crippen LogP contribution in [0.25, 0.3) is 0 Å². The maximum absolute atomic E-state index is 9.34. The Morgan fingerprint density at radius 1 is 1.28 bits per heavy atom. The van der Waals surface area contributed by atoms with E-state index in [4.69, 9.17) is 10.00 Å². The molecule has 4 nitrogen and oxygen atoms in total. The summed E-state index contributed by atoms with van der Waals surface area (Å²) >= 11 is 0. The smallest absolute Gasteiger partial charge is 0.145 e. The van der Waals surface area contributed by atoms with Crippen LogP contribution in [-0.2, 0) is 0 Å². The van der Waals surface area contributed by atoms with Crippen molar-refractivity contribution in [3.63, 3.8) is 0 Å². The molecular weight excluding hydrogens is 228 g/mol. The molecule has 0 aliphatic carbocycles. The van der Waals surface area contributed by atoms with Crippen LogP contribution in [-0.4, -0.2) is 10.1 Å². The van der Waals surface area contributed by atoms with Crippen LogP contribution in [0.3, 0.4) is 0 Å². The van der Waals surface area contributed by atoms with E-state index in [1.807, 2.05) is 0 Å². The number of benzene rings is 1. The van der Waals surface area contributed by atoms with Crippen molar-refractivity contribution in [2.45, 2.75) is 13.0 Å². The van der Waals surface area contributed by atoms with Gasteiger partial charge >= 0.3 is 0 Å². The van der Waals surface area contributed by atoms with Crippen LogP contribution in [0.1, 0.15) is 24.3 Å². The fraction of sp³-hybridized carbons (Fsp3) is 0.143. The molecule has 1 aromatic heterocycles. The van der Waals surface area contributed by atoms with Crippen molar-refractivity contribution in [3.05, 3.63) is 53.9 Å². The van der Waals surface area contributed by atoms with Gasteiger partial charge in [-0.25, -0.2) is 0 Å². The first-order chi connectivity index (χ1) is 8.70. The second-order valence-corrected chi connectivity index (χ2v) is 3.80. The Labute approximate surface area is 105 Å². The van der Waals surface area contributed by atoms with Crippen LogP contribution >= 0.6 is 0 Å². The predicted molar refractivity (Wildman–Crippen MR) is 66.1 cm³/mol. The van der Waals surface area contributed by atoms with Gasteiger partial charge in [-0.1, -0.05) is 12.1 Å². The minimum atomic E-state index is -0.606. The maximum atomic E-state index is 9.34. The molecule has 0 radical (unpaired) electrons. The van der Waals surface area contributed by atoms with E-state index < -0.39 is 6.10 Å². The van der Waals surface area contributed by atoms with Gasteiger partial charge in [0.1, 0.15) is 17.6 Å². The highest BCUT2D eigenvalue weighted by molar-refractivity contribution is 5.44. The van der Waals surface area contributed by atoms with Crippen molar-refractivity contribution in [2.75, 3.05) is 0 Å². The Balaban J connectivity index is 2.22. The Hall–Kier alpha value is -2.38. The molecule has 0 saturated carbocycles. The lowest BCUT2D eigenvalue weighted by Gasteiger charge is -2.08. The second kappa shape index (κ2) is 5.30. The highest BCUT2D eigenvalue weighted by Gasteiger charge is 2.05. The second-order valence-electron chi connectivity index (χ2n) is 3.80. The van der Waals surface area contributed by atoms with Crippen LogP contribution in [0.5, 0.6) is 11.5 Å². The average molecular weight is 240 g/mol. The first-order valence-electron chi connectivity index (χ1n) is 5.51. The summed E-state index contributed by atoms with van der Waals surface area (Å²) in [6, 6.07) is 12.4. The van der Waals surface area contributed by atoms with E-state index in [1.54, 1.807) is 43.3 Å². The largest absolute Gasteiger partial charge is 0.454 e. The molecule has 1 heterocycles. The summed E-state index contributed by atoms with van der Waals surface area (Å²) < 4.78 is 5.57. The van der Waals surface area contributed by atoms with Crippen molar-refractivity contribution >= 4 is 0 Å². The predicted octanol–water partition coefficient (Wildman–Crippen LogP) is 2.80. The molecule has 1 N–H and O–H groups in total. The summed E-state index contributed by atoms with van der Waals surface area (Å²) in [4.78, 5) is 4.07. The van der Waals surface area contributed by atoms with E-state index in [-0.39, 0.29) is 0 Å². The van der Waals surface area contributed by atoms with E-state index in [1.165, 1.54) is 6.20 Å². The summed E-state index contributed by atoms with van der Waals surface area (Å²) in [7, 11) is 0. The van der Waals surface area contributed by atoms with Gasteiger partial charge in [0.2, 0.25) is 0 Å². The number of hydrogen-bond acceptors (Lipinski definition) is 4. The van der Waals surface area contributed by atoms with Crippen molar-refractivity contribution in [1.29, 1.82) is 5.26 Å². The summed E-state index contributed by atoms with van der Waals surface area (Å²) in [5.41, 5.74) is 1.05. The van der Waals surface area contributed by atoms with Crippen LogP contribution in [0.2, 0.25) is 0 Å². The maximum Gasteiger partial charge on any atom is 0.145 e. The molecule has 0 aliphatic heterocycles. The molecule has 1 aromatic carbocycles. The quantitative estimate of drug-likeness (QED) is 0.895. The molecule has 1 atom stereocenters. The summed E-state index contributed by atoms with van der Waals surface area (Å²) in [6.45, 7) is 1.65. The van der Waals surface area contributed by atoms with Gasteiger partial charge < -0.3 is 9.84 Å². The number of nitriles is 1. The van der Waals surface area contributed by atoms with Crippen molar-refractivity contribution in [1.82, 2.24) is 4.98 Å². The van der Waals surface area contributed by atoms with Gasteiger partial charge in [-0.05, 0) is 31.2 Å². The summed E-state index contributed by atoms with van der Waals surface area (Å²) in [5.74, 6) is 1.02. The van der Waals surface area contributed by atoms with E-state index in [0.717, 1.165) is 0 Å². The Bertz CT molecular complexity index is 571. The molecule has 0 bridgehead atoms. The van der Waals surface area contributed by atoms with E-state index in [9.17, 15) is 5.11 Å². The number of ether oxygens (including phenoxy) is 1. The lowest BCUT2D eigenvalue weighted by molar-refractivity contribution is 0.194. The number of aromatic nitrogens is 1. The molecule has 0 fully saturated rings. The average Bonchev–Trinajstić information content (AvgIpc) is 2.40. The molecule has 0 unspecified atom stereocenters. The molecule has 90 valence electrons. The molecule has 0 saturated heterocycles. The summed E-state index contributed by atoms with van der Waals surface area (Å²) in [6.07, 6.45) is 0.918. The SMILES string of the molecule is C[C@@H](O)c1ccc(Oc2ccccc2C#N)cn1. The van der Waals surface area contributed by atoms with Gasteiger partial charge in [-0.15, -0.1) is 0 Å². The van der Waals surface area contributed by atoms with Gasteiger partial charge in [0, 0.05) is 0 Å². The van der Waals surface area contributed by atoms with Crippen LogP contribution in [0.15, 0.2) is 42.6 Å². The van der Waals surface area contributed by atoms with E-state index in [0.29, 0.717) is 22.8 Å². The topological polar surface area (TPSA) is 66.1 Å². The Morgan fingerprint density at radius 2 is 2.06 bits per heavy atom. The molecule has 0 aliphatic rings. The number of para-hydroxylation sites is 1. The Kier molecular flexibility index (Phi) is 3.56. The van der Waals surface area contributed by atoms with Crippen molar-refractivity contribution in [3.8, 4) is 17.6 Å². The minimum Gasteiger partial charge on any atom is -0.454 e. The van der Waals surface area contributed by atoms with Crippen molar-refractivity contribution < 1.29 is 9.84 Å². The van der Waals surface area contributed by atoms with Crippen LogP contribution < -0.4 is 4.74 Å². The monoisotopic (exact) mass is 240 g/mol. The van der Waals surface area contributed by atoms with Gasteiger partial charge in [0.15, 0.2) is 0 Å². The molecule has 2 rings (SSSR count). The standard InChI is InChI=1S/C14H12N2O2/c1-10(17)13-7-6-12(9-16-13)18-14-5-3-2-4-11(14)8-15/h2-7,9-10,17H,1H3/t10-/m1/s1. The highest BCUT2D eigenvalue weighted by atomic mass is 16.5. The molecular formula is C14H12N2O2. The third-order valence-corrected chi connectivity index (χ3v) is 2.42. The fourth-order valence-electron chi connectivity index (χ4n) is 1.47. The number of pyridine rings is 1. The number of hydrogen-bond donors (Lipinski definition) is 1. The highest BCUT2D eigenvalue weighted by Crippen LogP contribution is 2.24. The third-order valence-electron chi connectivity index (χ3n) is 2.42. The third kappa shape index (κ3) is 2.65.